The van der Waals surface area contributed by atoms with E-state index in [1.54, 1.807) is 0 Å². The van der Waals surface area contributed by atoms with Crippen molar-refractivity contribution in [1.82, 2.24) is 4.72 Å². The molecule has 2 aromatic carbocycles. The summed E-state index contributed by atoms with van der Waals surface area (Å²) in [4.78, 5) is 11.5. The molecule has 1 fully saturated rings. The maximum absolute atomic E-state index is 15.4. The number of esters is 1. The minimum absolute atomic E-state index is 0.0182. The summed E-state index contributed by atoms with van der Waals surface area (Å²) in [6.45, 7) is -0.287. The number of nitrogens with one attached hydrogen (secondary N) is 1. The number of methoxy groups -OCH3 is 1. The number of thiophene rings is 1. The molecule has 208 valence electrons. The van der Waals surface area contributed by atoms with Crippen LogP contribution in [0.4, 0.5) is 8.78 Å². The number of sulfonamides is 1. The lowest BCUT2D eigenvalue weighted by Gasteiger charge is -2.49. The van der Waals surface area contributed by atoms with E-state index in [-0.39, 0.29) is 40.5 Å². The fraction of sp³-hybridized carbons (Fsp3) is 0.320. The van der Waals surface area contributed by atoms with Gasteiger partial charge in [-0.2, -0.15) is 0 Å². The van der Waals surface area contributed by atoms with E-state index in [0.29, 0.717) is 5.02 Å². The molecule has 0 radical (unpaired) electrons. The molecule has 0 saturated heterocycles. The highest BCUT2D eigenvalue weighted by Crippen LogP contribution is 2.56. The van der Waals surface area contributed by atoms with Gasteiger partial charge >= 0.3 is 5.97 Å². The van der Waals surface area contributed by atoms with Crippen LogP contribution < -0.4 is 9.46 Å². The first-order chi connectivity index (χ1) is 18.4. The molecule has 3 atom stereocenters. The number of hydrogen-bond acceptors (Lipinski definition) is 8. The summed E-state index contributed by atoms with van der Waals surface area (Å²) in [6, 6.07) is 7.61. The number of hydrogen-bond donors (Lipinski definition) is 1. The first-order valence-corrected chi connectivity index (χ1v) is 15.9. The Bertz CT molecular complexity index is 1660. The Labute approximate surface area is 232 Å². The fourth-order valence-electron chi connectivity index (χ4n) is 5.48. The minimum atomic E-state index is -4.37. The van der Waals surface area contributed by atoms with Crippen LogP contribution in [0.3, 0.4) is 0 Å². The SMILES string of the molecule is COC(=O)c1sccc1S(=O)(=O)N[C@@H]1CC[C@@]2(S(=O)(=O)c3ccc(Cl)cc3)c3c(F)ccc(F)c3OC[C@H]2C1. The predicted octanol–water partition coefficient (Wildman–Crippen LogP) is 4.68. The minimum Gasteiger partial charge on any atom is -0.490 e. The summed E-state index contributed by atoms with van der Waals surface area (Å²) in [7, 11) is -7.44. The van der Waals surface area contributed by atoms with E-state index >= 15 is 4.39 Å². The van der Waals surface area contributed by atoms with Gasteiger partial charge in [-0.25, -0.2) is 35.1 Å². The molecule has 14 heteroatoms. The van der Waals surface area contributed by atoms with E-state index in [9.17, 15) is 26.0 Å². The molecular weight excluding hydrogens is 596 g/mol. The van der Waals surface area contributed by atoms with Crippen molar-refractivity contribution in [2.45, 2.75) is 39.8 Å². The van der Waals surface area contributed by atoms with Gasteiger partial charge in [0.2, 0.25) is 10.0 Å². The molecular formula is C25H22ClF2NO7S3. The summed E-state index contributed by atoms with van der Waals surface area (Å²) in [5.74, 6) is -4.05. The van der Waals surface area contributed by atoms with Crippen molar-refractivity contribution in [3.05, 3.63) is 74.9 Å². The molecule has 3 aromatic rings. The number of benzene rings is 2. The molecule has 0 amide bonds. The fourth-order valence-corrected chi connectivity index (χ4v) is 10.6. The van der Waals surface area contributed by atoms with Crippen LogP contribution in [0.15, 0.2) is 57.6 Å². The highest BCUT2D eigenvalue weighted by atomic mass is 35.5. The Hall–Kier alpha value is -2.58. The monoisotopic (exact) mass is 617 g/mol. The molecule has 39 heavy (non-hydrogen) atoms. The number of carbonyl (C=O) groups is 1. The van der Waals surface area contributed by atoms with E-state index in [2.05, 4.69) is 9.46 Å². The van der Waals surface area contributed by atoms with Crippen LogP contribution in [0, 0.1) is 17.6 Å². The van der Waals surface area contributed by atoms with Crippen LogP contribution in [0.25, 0.3) is 0 Å². The number of halogens is 3. The van der Waals surface area contributed by atoms with Gasteiger partial charge in [-0.15, -0.1) is 11.3 Å². The summed E-state index contributed by atoms with van der Waals surface area (Å²) in [6.07, 6.45) is -0.297. The van der Waals surface area contributed by atoms with Crippen molar-refractivity contribution in [3.63, 3.8) is 0 Å². The van der Waals surface area contributed by atoms with Gasteiger partial charge in [0.25, 0.3) is 0 Å². The Morgan fingerprint density at radius 2 is 1.79 bits per heavy atom. The summed E-state index contributed by atoms with van der Waals surface area (Å²) < 4.78 is 95.9. The molecule has 2 heterocycles. The summed E-state index contributed by atoms with van der Waals surface area (Å²) in [5, 5.41) is 1.74. The quantitative estimate of drug-likeness (QED) is 0.400. The Morgan fingerprint density at radius 3 is 2.49 bits per heavy atom. The lowest BCUT2D eigenvalue weighted by Crippen LogP contribution is -2.55. The first-order valence-electron chi connectivity index (χ1n) is 11.7. The zero-order valence-electron chi connectivity index (χ0n) is 20.3. The normalized spacial score (nSPS) is 22.9. The summed E-state index contributed by atoms with van der Waals surface area (Å²) >= 11 is 6.86. The average Bonchev–Trinajstić information content (AvgIpc) is 3.41. The Kier molecular flexibility index (Phi) is 7.25. The number of ether oxygens (including phenoxy) is 2. The van der Waals surface area contributed by atoms with Gasteiger partial charge in [0.05, 0.1) is 24.2 Å². The second-order valence-corrected chi connectivity index (χ2v) is 14.5. The second kappa shape index (κ2) is 10.1. The molecule has 2 aliphatic rings. The lowest BCUT2D eigenvalue weighted by atomic mass is 9.71. The largest absolute Gasteiger partial charge is 0.490 e. The third-order valence-corrected chi connectivity index (χ3v) is 12.7. The molecule has 0 unspecified atom stereocenters. The maximum Gasteiger partial charge on any atom is 0.349 e. The van der Waals surface area contributed by atoms with E-state index in [1.807, 2.05) is 0 Å². The van der Waals surface area contributed by atoms with E-state index in [0.717, 1.165) is 30.6 Å². The van der Waals surface area contributed by atoms with Gasteiger partial charge in [0.1, 0.15) is 20.3 Å². The van der Waals surface area contributed by atoms with Crippen LogP contribution in [0.5, 0.6) is 5.75 Å². The average molecular weight is 618 g/mol. The van der Waals surface area contributed by atoms with Gasteiger partial charge in [-0.1, -0.05) is 11.6 Å². The summed E-state index contributed by atoms with van der Waals surface area (Å²) in [5.41, 5.74) is -0.402. The first kappa shape index (κ1) is 28.0. The molecule has 1 aromatic heterocycles. The van der Waals surface area contributed by atoms with Gasteiger partial charge in [0, 0.05) is 17.0 Å². The maximum atomic E-state index is 15.4. The molecule has 1 N–H and O–H groups in total. The number of rotatable bonds is 6. The highest BCUT2D eigenvalue weighted by Gasteiger charge is 2.60. The van der Waals surface area contributed by atoms with Crippen LogP contribution >= 0.6 is 22.9 Å². The standard InChI is InChI=1S/C25H22ClF2NO7S3/c1-35-24(30)23-20(9-11-37-23)39(33,34)29-16-8-10-25(38(31,32)17-4-2-15(26)3-5-17)14(12-16)13-36-22-19(28)7-6-18(27)21(22)25/h2-7,9,11,14,16,29H,8,10,12-13H2,1H3/t14-,16-,25+/m1/s1. The van der Waals surface area contributed by atoms with Gasteiger partial charge in [0.15, 0.2) is 21.4 Å². The van der Waals surface area contributed by atoms with Crippen molar-refractivity contribution in [2.24, 2.45) is 5.92 Å². The van der Waals surface area contributed by atoms with E-state index in [1.165, 1.54) is 35.7 Å². The van der Waals surface area contributed by atoms with Crippen molar-refractivity contribution in [3.8, 4) is 5.75 Å². The Balaban J connectivity index is 1.56. The third kappa shape index (κ3) is 4.53. The molecule has 1 aliphatic carbocycles. The number of sulfone groups is 1. The van der Waals surface area contributed by atoms with Gasteiger partial charge in [-0.3, -0.25) is 0 Å². The van der Waals surface area contributed by atoms with Crippen LogP contribution in [-0.4, -0.2) is 42.6 Å². The zero-order chi connectivity index (χ0) is 28.2. The lowest BCUT2D eigenvalue weighted by molar-refractivity contribution is 0.0602. The van der Waals surface area contributed by atoms with Crippen molar-refractivity contribution in [2.75, 3.05) is 13.7 Å². The molecule has 5 rings (SSSR count). The van der Waals surface area contributed by atoms with E-state index < -0.39 is 65.5 Å². The molecule has 8 nitrogen and oxygen atoms in total. The van der Waals surface area contributed by atoms with Crippen molar-refractivity contribution >= 4 is 48.8 Å². The second-order valence-electron chi connectivity index (χ2n) is 9.29. The predicted molar refractivity (Wildman–Crippen MR) is 139 cm³/mol. The van der Waals surface area contributed by atoms with Crippen molar-refractivity contribution < 1.29 is 39.9 Å². The van der Waals surface area contributed by atoms with Crippen LogP contribution in [-0.2, 0) is 29.3 Å². The highest BCUT2D eigenvalue weighted by molar-refractivity contribution is 7.92. The number of carbonyl (C=O) groups excluding carboxylic acids is 1. The molecule has 0 bridgehead atoms. The smallest absolute Gasteiger partial charge is 0.349 e. The Morgan fingerprint density at radius 1 is 1.10 bits per heavy atom. The topological polar surface area (TPSA) is 116 Å². The molecule has 1 saturated carbocycles. The van der Waals surface area contributed by atoms with Crippen LogP contribution in [0.1, 0.15) is 34.5 Å². The third-order valence-electron chi connectivity index (χ3n) is 7.22. The molecule has 1 aliphatic heterocycles. The van der Waals surface area contributed by atoms with Gasteiger partial charge in [-0.05, 0) is 67.1 Å². The van der Waals surface area contributed by atoms with E-state index in [4.69, 9.17) is 16.3 Å². The molecule has 0 spiro atoms. The number of fused-ring (bicyclic) bond motifs is 3. The van der Waals surface area contributed by atoms with Crippen LogP contribution in [0.2, 0.25) is 5.02 Å². The van der Waals surface area contributed by atoms with Crippen molar-refractivity contribution in [1.29, 1.82) is 0 Å². The zero-order valence-corrected chi connectivity index (χ0v) is 23.5. The van der Waals surface area contributed by atoms with Gasteiger partial charge < -0.3 is 9.47 Å².